The van der Waals surface area contributed by atoms with Crippen molar-refractivity contribution in [1.29, 1.82) is 0 Å². The second kappa shape index (κ2) is 5.57. The molecule has 20 heavy (non-hydrogen) atoms. The highest BCUT2D eigenvalue weighted by Gasteiger charge is 2.07. The van der Waals surface area contributed by atoms with Gasteiger partial charge >= 0.3 is 0 Å². The highest BCUT2D eigenvalue weighted by Crippen LogP contribution is 2.23. The summed E-state index contributed by atoms with van der Waals surface area (Å²) < 4.78 is 0. The fourth-order valence-electron chi connectivity index (χ4n) is 2.15. The van der Waals surface area contributed by atoms with E-state index < -0.39 is 5.91 Å². The lowest BCUT2D eigenvalue weighted by Crippen LogP contribution is -2.24. The van der Waals surface area contributed by atoms with E-state index >= 15 is 0 Å². The van der Waals surface area contributed by atoms with E-state index in [0.29, 0.717) is 5.56 Å². The van der Waals surface area contributed by atoms with Crippen LogP contribution in [0.3, 0.4) is 0 Å². The van der Waals surface area contributed by atoms with Gasteiger partial charge in [-0.25, -0.2) is 0 Å². The number of hydrogen-bond acceptors (Lipinski definition) is 1. The Morgan fingerprint density at radius 2 is 1.60 bits per heavy atom. The molecular formula is C16H17N3O. The zero-order chi connectivity index (χ0) is 14.7. The summed E-state index contributed by atoms with van der Waals surface area (Å²) in [6.07, 6.45) is 0. The highest BCUT2D eigenvalue weighted by atomic mass is 16.1. The molecule has 0 saturated carbocycles. The Kier molecular flexibility index (Phi) is 3.84. The van der Waals surface area contributed by atoms with Crippen LogP contribution in [0.5, 0.6) is 0 Å². The summed E-state index contributed by atoms with van der Waals surface area (Å²) in [5.41, 5.74) is 15.3. The first-order valence-electron chi connectivity index (χ1n) is 6.28. The average Bonchev–Trinajstić information content (AvgIpc) is 2.37. The van der Waals surface area contributed by atoms with Gasteiger partial charge in [-0.2, -0.15) is 4.99 Å². The number of carbonyl (C=O) groups is 1. The smallest absolute Gasteiger partial charge is 0.280 e. The molecule has 4 nitrogen and oxygen atoms in total. The Balaban J connectivity index is 2.44. The third-order valence-corrected chi connectivity index (χ3v) is 2.90. The highest BCUT2D eigenvalue weighted by molar-refractivity contribution is 6.02. The van der Waals surface area contributed by atoms with Gasteiger partial charge in [0.15, 0.2) is 5.96 Å². The number of aryl methyl sites for hydroxylation is 2. The lowest BCUT2D eigenvalue weighted by atomic mass is 9.99. The molecule has 0 aliphatic carbocycles. The van der Waals surface area contributed by atoms with Crippen LogP contribution in [0.4, 0.5) is 0 Å². The minimum absolute atomic E-state index is 0.230. The van der Waals surface area contributed by atoms with E-state index in [9.17, 15) is 4.79 Å². The molecule has 2 aromatic rings. The zero-order valence-corrected chi connectivity index (χ0v) is 11.6. The van der Waals surface area contributed by atoms with Gasteiger partial charge < -0.3 is 11.5 Å². The molecule has 0 spiro atoms. The molecule has 2 rings (SSSR count). The summed E-state index contributed by atoms with van der Waals surface area (Å²) in [6.45, 7) is 4.09. The van der Waals surface area contributed by atoms with Gasteiger partial charge in [0, 0.05) is 5.56 Å². The first-order chi connectivity index (χ1) is 9.45. The summed E-state index contributed by atoms with van der Waals surface area (Å²) in [7, 11) is 0. The average molecular weight is 267 g/mol. The van der Waals surface area contributed by atoms with Crippen molar-refractivity contribution in [3.63, 3.8) is 0 Å². The molecule has 4 N–H and O–H groups in total. The Morgan fingerprint density at radius 3 is 2.20 bits per heavy atom. The third kappa shape index (κ3) is 3.23. The standard InChI is InChI=1S/C16H17N3O/c1-10-6-11(2)8-14(7-10)12-4-3-5-13(9-12)15(20)19-16(17)18/h3-9H,1-2H3,(H4,17,18,19,20). The molecule has 102 valence electrons. The first kappa shape index (κ1) is 13.8. The van der Waals surface area contributed by atoms with Crippen molar-refractivity contribution in [2.24, 2.45) is 16.5 Å². The van der Waals surface area contributed by atoms with E-state index in [4.69, 9.17) is 11.5 Å². The normalized spacial score (nSPS) is 10.1. The van der Waals surface area contributed by atoms with Gasteiger partial charge in [-0.05, 0) is 37.1 Å². The van der Waals surface area contributed by atoms with E-state index in [0.717, 1.165) is 11.1 Å². The zero-order valence-electron chi connectivity index (χ0n) is 11.6. The SMILES string of the molecule is Cc1cc(C)cc(-c2cccc(C(=O)N=C(N)N)c2)c1. The van der Waals surface area contributed by atoms with Gasteiger partial charge in [0.05, 0.1) is 0 Å². The molecule has 4 heteroatoms. The lowest BCUT2D eigenvalue weighted by molar-refractivity contribution is 0.100. The number of amides is 1. The van der Waals surface area contributed by atoms with E-state index in [2.05, 4.69) is 23.2 Å². The summed E-state index contributed by atoms with van der Waals surface area (Å²) in [5.74, 6) is -0.664. The maximum atomic E-state index is 11.8. The Labute approximate surface area is 118 Å². The quantitative estimate of drug-likeness (QED) is 0.647. The van der Waals surface area contributed by atoms with Crippen LogP contribution >= 0.6 is 0 Å². The van der Waals surface area contributed by atoms with E-state index in [1.165, 1.54) is 11.1 Å². The maximum absolute atomic E-state index is 11.8. The molecule has 0 fully saturated rings. The molecule has 0 bridgehead atoms. The second-order valence-electron chi connectivity index (χ2n) is 4.80. The van der Waals surface area contributed by atoms with Crippen LogP contribution in [-0.2, 0) is 0 Å². The predicted octanol–water partition coefficient (Wildman–Crippen LogP) is 2.38. The third-order valence-electron chi connectivity index (χ3n) is 2.90. The van der Waals surface area contributed by atoms with Crippen molar-refractivity contribution in [2.75, 3.05) is 0 Å². The van der Waals surface area contributed by atoms with Gasteiger partial charge in [0.2, 0.25) is 0 Å². The van der Waals surface area contributed by atoms with Crippen LogP contribution in [0.15, 0.2) is 47.5 Å². The van der Waals surface area contributed by atoms with Crippen molar-refractivity contribution in [3.8, 4) is 11.1 Å². The van der Waals surface area contributed by atoms with Crippen molar-refractivity contribution in [3.05, 3.63) is 59.2 Å². The topological polar surface area (TPSA) is 81.5 Å². The molecule has 0 saturated heterocycles. The number of aliphatic imine (C=N–C) groups is 1. The van der Waals surface area contributed by atoms with Crippen LogP contribution < -0.4 is 11.5 Å². The first-order valence-corrected chi connectivity index (χ1v) is 6.28. The van der Waals surface area contributed by atoms with E-state index in [-0.39, 0.29) is 5.96 Å². The van der Waals surface area contributed by atoms with Crippen molar-refractivity contribution in [1.82, 2.24) is 0 Å². The Morgan fingerprint density at radius 1 is 0.950 bits per heavy atom. The molecule has 0 atom stereocenters. The number of hydrogen-bond donors (Lipinski definition) is 2. The molecule has 2 aromatic carbocycles. The number of nitrogens with two attached hydrogens (primary N) is 2. The number of carbonyl (C=O) groups excluding carboxylic acids is 1. The minimum atomic E-state index is -0.434. The van der Waals surface area contributed by atoms with Gasteiger partial charge in [-0.15, -0.1) is 0 Å². The molecule has 0 aliphatic rings. The Hall–Kier alpha value is -2.62. The van der Waals surface area contributed by atoms with Crippen molar-refractivity contribution < 1.29 is 4.79 Å². The molecule has 0 aromatic heterocycles. The number of guanidine groups is 1. The monoisotopic (exact) mass is 267 g/mol. The van der Waals surface area contributed by atoms with Crippen LogP contribution in [0.2, 0.25) is 0 Å². The summed E-state index contributed by atoms with van der Waals surface area (Å²) in [5, 5.41) is 0. The number of benzene rings is 2. The minimum Gasteiger partial charge on any atom is -0.370 e. The number of rotatable bonds is 2. The van der Waals surface area contributed by atoms with Gasteiger partial charge in [-0.3, -0.25) is 4.79 Å². The maximum Gasteiger partial charge on any atom is 0.280 e. The summed E-state index contributed by atoms with van der Waals surface area (Å²) in [6, 6.07) is 13.5. The van der Waals surface area contributed by atoms with Crippen LogP contribution in [0, 0.1) is 13.8 Å². The molecule has 0 aliphatic heterocycles. The van der Waals surface area contributed by atoms with Gasteiger partial charge in [0.25, 0.3) is 5.91 Å². The van der Waals surface area contributed by atoms with Crippen LogP contribution in [0.25, 0.3) is 11.1 Å². The summed E-state index contributed by atoms with van der Waals surface area (Å²) in [4.78, 5) is 15.4. The fourth-order valence-corrected chi connectivity index (χ4v) is 2.15. The predicted molar refractivity (Wildman–Crippen MR) is 81.5 cm³/mol. The van der Waals surface area contributed by atoms with Crippen molar-refractivity contribution in [2.45, 2.75) is 13.8 Å². The Bertz CT molecular complexity index is 666. The lowest BCUT2D eigenvalue weighted by Gasteiger charge is -2.06. The van der Waals surface area contributed by atoms with E-state index in [1.807, 2.05) is 26.0 Å². The molecule has 0 heterocycles. The fraction of sp³-hybridized carbons (Fsp3) is 0.125. The largest absolute Gasteiger partial charge is 0.370 e. The molecule has 1 amide bonds. The van der Waals surface area contributed by atoms with Crippen LogP contribution in [-0.4, -0.2) is 11.9 Å². The second-order valence-corrected chi connectivity index (χ2v) is 4.80. The van der Waals surface area contributed by atoms with Gasteiger partial charge in [0.1, 0.15) is 0 Å². The molecule has 0 unspecified atom stereocenters. The molecule has 0 radical (unpaired) electrons. The summed E-state index contributed by atoms with van der Waals surface area (Å²) >= 11 is 0. The number of nitrogens with zero attached hydrogens (tertiary/aromatic N) is 1. The van der Waals surface area contributed by atoms with Crippen molar-refractivity contribution >= 4 is 11.9 Å². The van der Waals surface area contributed by atoms with E-state index in [1.54, 1.807) is 12.1 Å². The molecular weight excluding hydrogens is 250 g/mol. The van der Waals surface area contributed by atoms with Crippen LogP contribution in [0.1, 0.15) is 21.5 Å². The van der Waals surface area contributed by atoms with Gasteiger partial charge in [-0.1, -0.05) is 41.5 Å².